The van der Waals surface area contributed by atoms with Crippen molar-refractivity contribution in [3.63, 3.8) is 0 Å². The van der Waals surface area contributed by atoms with E-state index in [2.05, 4.69) is 27.0 Å². The minimum absolute atomic E-state index is 0.328. The first-order valence-corrected chi connectivity index (χ1v) is 7.19. The number of nitrogens with zero attached hydrogens (tertiary/aromatic N) is 3. The van der Waals surface area contributed by atoms with Crippen molar-refractivity contribution in [1.29, 1.82) is 0 Å². The lowest BCUT2D eigenvalue weighted by Crippen LogP contribution is -2.19. The molecule has 1 fully saturated rings. The molecule has 5 nitrogen and oxygen atoms in total. The van der Waals surface area contributed by atoms with Crippen LogP contribution < -0.4 is 10.6 Å². The molecule has 1 unspecified atom stereocenters. The molecule has 0 aliphatic carbocycles. The summed E-state index contributed by atoms with van der Waals surface area (Å²) in [6.45, 7) is 2.31. The smallest absolute Gasteiger partial charge is 0.222 e. The van der Waals surface area contributed by atoms with Crippen LogP contribution in [-0.2, 0) is 11.3 Å². The van der Waals surface area contributed by atoms with Gasteiger partial charge in [-0.2, -0.15) is 4.98 Å². The molecule has 2 heterocycles. The van der Waals surface area contributed by atoms with Gasteiger partial charge in [0.2, 0.25) is 5.95 Å². The molecule has 5 heteroatoms. The van der Waals surface area contributed by atoms with Crippen LogP contribution in [0.15, 0.2) is 36.4 Å². The first-order valence-electron chi connectivity index (χ1n) is 7.19. The van der Waals surface area contributed by atoms with E-state index in [-0.39, 0.29) is 0 Å². The highest BCUT2D eigenvalue weighted by Crippen LogP contribution is 2.26. The lowest BCUT2D eigenvalue weighted by Gasteiger charge is -2.20. The molecule has 1 aromatic carbocycles. The summed E-state index contributed by atoms with van der Waals surface area (Å²) >= 11 is 0. The van der Waals surface area contributed by atoms with Crippen molar-refractivity contribution in [2.75, 3.05) is 30.9 Å². The SMILES string of the molecule is CN(Cc1ccccc1)c1cc(C2CCOC2)nc(N)n1. The standard InChI is InChI=1S/C16H20N4O/c1-20(10-12-5-3-2-4-6-12)15-9-14(18-16(17)19-15)13-7-8-21-11-13/h2-6,9,13H,7-8,10-11H2,1H3,(H2,17,18,19). The number of nitrogen functional groups attached to an aromatic ring is 1. The van der Waals surface area contributed by atoms with Crippen LogP contribution in [0.1, 0.15) is 23.6 Å². The average Bonchev–Trinajstić information content (AvgIpc) is 3.02. The maximum absolute atomic E-state index is 5.87. The van der Waals surface area contributed by atoms with Gasteiger partial charge in [0, 0.05) is 32.2 Å². The van der Waals surface area contributed by atoms with E-state index in [0.717, 1.165) is 37.7 Å². The fraction of sp³-hybridized carbons (Fsp3) is 0.375. The molecular weight excluding hydrogens is 264 g/mol. The molecule has 110 valence electrons. The number of benzene rings is 1. The Kier molecular flexibility index (Phi) is 4.01. The van der Waals surface area contributed by atoms with Crippen LogP contribution in [0.25, 0.3) is 0 Å². The van der Waals surface area contributed by atoms with Crippen LogP contribution in [0.2, 0.25) is 0 Å². The van der Waals surface area contributed by atoms with Crippen LogP contribution in [0, 0.1) is 0 Å². The molecular formula is C16H20N4O. The number of hydrogen-bond donors (Lipinski definition) is 1. The van der Waals surface area contributed by atoms with Crippen molar-refractivity contribution in [2.24, 2.45) is 0 Å². The Labute approximate surface area is 124 Å². The minimum Gasteiger partial charge on any atom is -0.381 e. The van der Waals surface area contributed by atoms with Gasteiger partial charge in [-0.15, -0.1) is 0 Å². The maximum Gasteiger partial charge on any atom is 0.222 e. The molecule has 0 saturated carbocycles. The molecule has 0 radical (unpaired) electrons. The van der Waals surface area contributed by atoms with E-state index in [1.807, 2.05) is 31.3 Å². The van der Waals surface area contributed by atoms with Crippen LogP contribution >= 0.6 is 0 Å². The highest BCUT2D eigenvalue weighted by Gasteiger charge is 2.21. The maximum atomic E-state index is 5.87. The van der Waals surface area contributed by atoms with E-state index in [9.17, 15) is 0 Å². The zero-order chi connectivity index (χ0) is 14.7. The van der Waals surface area contributed by atoms with E-state index in [4.69, 9.17) is 10.5 Å². The molecule has 0 amide bonds. The minimum atomic E-state index is 0.328. The average molecular weight is 284 g/mol. The lowest BCUT2D eigenvalue weighted by atomic mass is 10.0. The first-order chi connectivity index (χ1) is 10.2. The molecule has 2 aromatic rings. The van der Waals surface area contributed by atoms with E-state index in [1.54, 1.807) is 0 Å². The van der Waals surface area contributed by atoms with Gasteiger partial charge in [0.05, 0.1) is 12.3 Å². The van der Waals surface area contributed by atoms with E-state index in [1.165, 1.54) is 5.56 Å². The number of ether oxygens (including phenoxy) is 1. The van der Waals surface area contributed by atoms with Gasteiger partial charge in [-0.1, -0.05) is 30.3 Å². The predicted molar refractivity (Wildman–Crippen MR) is 83.2 cm³/mol. The van der Waals surface area contributed by atoms with Gasteiger partial charge in [0.1, 0.15) is 5.82 Å². The fourth-order valence-electron chi connectivity index (χ4n) is 2.58. The summed E-state index contributed by atoms with van der Waals surface area (Å²) in [6, 6.07) is 12.3. The summed E-state index contributed by atoms with van der Waals surface area (Å²) in [4.78, 5) is 10.8. The highest BCUT2D eigenvalue weighted by atomic mass is 16.5. The van der Waals surface area contributed by atoms with Gasteiger partial charge in [-0.25, -0.2) is 4.98 Å². The molecule has 2 N–H and O–H groups in total. The van der Waals surface area contributed by atoms with E-state index in [0.29, 0.717) is 11.9 Å². The van der Waals surface area contributed by atoms with Gasteiger partial charge < -0.3 is 15.4 Å². The zero-order valence-electron chi connectivity index (χ0n) is 12.2. The van der Waals surface area contributed by atoms with Crippen LogP contribution in [0.3, 0.4) is 0 Å². The number of hydrogen-bond acceptors (Lipinski definition) is 5. The Balaban J connectivity index is 1.80. The van der Waals surface area contributed by atoms with Gasteiger partial charge in [0.25, 0.3) is 0 Å². The molecule has 1 aliphatic heterocycles. The summed E-state index contributed by atoms with van der Waals surface area (Å²) in [6.07, 6.45) is 0.998. The summed E-state index contributed by atoms with van der Waals surface area (Å²) < 4.78 is 5.43. The Morgan fingerprint density at radius 1 is 1.29 bits per heavy atom. The van der Waals surface area contributed by atoms with Crippen molar-refractivity contribution in [2.45, 2.75) is 18.9 Å². The summed E-state index contributed by atoms with van der Waals surface area (Å²) in [5.41, 5.74) is 8.09. The van der Waals surface area contributed by atoms with Gasteiger partial charge in [-0.05, 0) is 12.0 Å². The van der Waals surface area contributed by atoms with Crippen LogP contribution in [0.4, 0.5) is 11.8 Å². The Morgan fingerprint density at radius 3 is 2.81 bits per heavy atom. The van der Waals surface area contributed by atoms with Gasteiger partial charge in [0.15, 0.2) is 0 Å². The van der Waals surface area contributed by atoms with Crippen LogP contribution in [0.5, 0.6) is 0 Å². The van der Waals surface area contributed by atoms with Crippen molar-refractivity contribution in [1.82, 2.24) is 9.97 Å². The monoisotopic (exact) mass is 284 g/mol. The number of rotatable bonds is 4. The summed E-state index contributed by atoms with van der Waals surface area (Å²) in [7, 11) is 2.02. The fourth-order valence-corrected chi connectivity index (χ4v) is 2.58. The molecule has 21 heavy (non-hydrogen) atoms. The second kappa shape index (κ2) is 6.10. The lowest BCUT2D eigenvalue weighted by molar-refractivity contribution is 0.193. The predicted octanol–water partition coefficient (Wildman–Crippen LogP) is 2.20. The topological polar surface area (TPSA) is 64.3 Å². The number of nitrogens with two attached hydrogens (primary N) is 1. The van der Waals surface area contributed by atoms with Crippen molar-refractivity contribution in [3.05, 3.63) is 47.7 Å². The molecule has 1 saturated heterocycles. The molecule has 0 bridgehead atoms. The van der Waals surface area contributed by atoms with Gasteiger partial charge >= 0.3 is 0 Å². The summed E-state index contributed by atoms with van der Waals surface area (Å²) in [5, 5.41) is 0. The third-order valence-corrected chi connectivity index (χ3v) is 3.75. The third kappa shape index (κ3) is 3.31. The number of anilines is 2. The summed E-state index contributed by atoms with van der Waals surface area (Å²) in [5.74, 6) is 1.52. The number of aromatic nitrogens is 2. The van der Waals surface area contributed by atoms with Crippen molar-refractivity contribution in [3.8, 4) is 0 Å². The Morgan fingerprint density at radius 2 is 2.10 bits per heavy atom. The second-order valence-corrected chi connectivity index (χ2v) is 5.41. The Hall–Kier alpha value is -2.14. The molecule has 3 rings (SSSR count). The second-order valence-electron chi connectivity index (χ2n) is 5.41. The van der Waals surface area contributed by atoms with E-state index >= 15 is 0 Å². The normalized spacial score (nSPS) is 17.9. The zero-order valence-corrected chi connectivity index (χ0v) is 12.2. The largest absolute Gasteiger partial charge is 0.381 e. The Bertz CT molecular complexity index is 596. The van der Waals surface area contributed by atoms with E-state index < -0.39 is 0 Å². The quantitative estimate of drug-likeness (QED) is 0.932. The van der Waals surface area contributed by atoms with Crippen LogP contribution in [-0.4, -0.2) is 30.2 Å². The van der Waals surface area contributed by atoms with Gasteiger partial charge in [-0.3, -0.25) is 0 Å². The van der Waals surface area contributed by atoms with Crippen molar-refractivity contribution >= 4 is 11.8 Å². The molecule has 1 aliphatic rings. The van der Waals surface area contributed by atoms with Crippen molar-refractivity contribution < 1.29 is 4.74 Å². The molecule has 1 atom stereocenters. The third-order valence-electron chi connectivity index (χ3n) is 3.75. The molecule has 0 spiro atoms. The highest BCUT2D eigenvalue weighted by molar-refractivity contribution is 5.44. The molecule has 1 aromatic heterocycles. The first kappa shape index (κ1) is 13.8.